The SMILES string of the molecule is COc1ccc(S(=O)(=O)NCCCCNCCNC2CCCCC2)cc1. The van der Waals surface area contributed by atoms with E-state index in [2.05, 4.69) is 15.4 Å². The minimum atomic E-state index is -3.44. The molecule has 3 N–H and O–H groups in total. The number of sulfonamides is 1. The predicted octanol–water partition coefficient (Wildman–Crippen LogP) is 2.27. The average molecular weight is 384 g/mol. The molecule has 1 saturated carbocycles. The molecule has 1 aliphatic carbocycles. The lowest BCUT2D eigenvalue weighted by atomic mass is 9.95. The van der Waals surface area contributed by atoms with Crippen LogP contribution in [0.25, 0.3) is 0 Å². The van der Waals surface area contributed by atoms with E-state index in [1.54, 1.807) is 31.4 Å². The topological polar surface area (TPSA) is 79.5 Å². The molecule has 0 amide bonds. The van der Waals surface area contributed by atoms with E-state index in [9.17, 15) is 8.42 Å². The number of rotatable bonds is 12. The summed E-state index contributed by atoms with van der Waals surface area (Å²) in [5, 5.41) is 7.02. The van der Waals surface area contributed by atoms with Crippen LogP contribution in [0.2, 0.25) is 0 Å². The van der Waals surface area contributed by atoms with Crippen LogP contribution in [0.1, 0.15) is 44.9 Å². The predicted molar refractivity (Wildman–Crippen MR) is 105 cm³/mol. The molecule has 0 spiro atoms. The Morgan fingerprint density at radius 1 is 0.962 bits per heavy atom. The van der Waals surface area contributed by atoms with Gasteiger partial charge in [-0.15, -0.1) is 0 Å². The summed E-state index contributed by atoms with van der Waals surface area (Å²) in [7, 11) is -1.88. The molecule has 2 rings (SSSR count). The maximum atomic E-state index is 12.2. The third-order valence-electron chi connectivity index (χ3n) is 4.78. The number of unbranched alkanes of at least 4 members (excludes halogenated alkanes) is 1. The minimum Gasteiger partial charge on any atom is -0.497 e. The molecule has 1 aromatic carbocycles. The van der Waals surface area contributed by atoms with Gasteiger partial charge in [-0.25, -0.2) is 13.1 Å². The summed E-state index contributed by atoms with van der Waals surface area (Å²) in [4.78, 5) is 0.269. The van der Waals surface area contributed by atoms with E-state index in [1.807, 2.05) is 0 Å². The first kappa shape index (κ1) is 21.2. The van der Waals surface area contributed by atoms with Gasteiger partial charge in [0.15, 0.2) is 0 Å². The zero-order chi connectivity index (χ0) is 18.7. The van der Waals surface area contributed by atoms with E-state index < -0.39 is 10.0 Å². The Balaban J connectivity index is 1.50. The number of ether oxygens (including phenoxy) is 1. The van der Waals surface area contributed by atoms with Crippen LogP contribution in [0.4, 0.5) is 0 Å². The standard InChI is InChI=1S/C19H33N3O3S/c1-25-18-9-11-19(12-10-18)26(23,24)22-14-6-5-13-20-15-16-21-17-7-3-2-4-8-17/h9-12,17,20-22H,2-8,13-16H2,1H3. The van der Waals surface area contributed by atoms with Gasteiger partial charge in [-0.3, -0.25) is 0 Å². The molecule has 0 heterocycles. The summed E-state index contributed by atoms with van der Waals surface area (Å²) in [6.07, 6.45) is 8.50. The second-order valence-electron chi connectivity index (χ2n) is 6.82. The van der Waals surface area contributed by atoms with Crippen LogP contribution in [-0.2, 0) is 10.0 Å². The molecule has 1 aromatic rings. The summed E-state index contributed by atoms with van der Waals surface area (Å²) in [5.41, 5.74) is 0. The maximum Gasteiger partial charge on any atom is 0.240 e. The fourth-order valence-electron chi connectivity index (χ4n) is 3.22. The average Bonchev–Trinajstić information content (AvgIpc) is 2.67. The zero-order valence-corrected chi connectivity index (χ0v) is 16.6. The summed E-state index contributed by atoms with van der Waals surface area (Å²) in [5.74, 6) is 0.646. The highest BCUT2D eigenvalue weighted by Gasteiger charge is 2.13. The van der Waals surface area contributed by atoms with Gasteiger partial charge in [0.1, 0.15) is 5.75 Å². The first-order chi connectivity index (χ1) is 12.6. The number of hydrogen-bond acceptors (Lipinski definition) is 5. The maximum absolute atomic E-state index is 12.2. The third-order valence-corrected chi connectivity index (χ3v) is 6.26. The van der Waals surface area contributed by atoms with Crippen molar-refractivity contribution in [2.24, 2.45) is 0 Å². The Morgan fingerprint density at radius 2 is 1.65 bits per heavy atom. The Morgan fingerprint density at radius 3 is 2.35 bits per heavy atom. The van der Waals surface area contributed by atoms with Crippen molar-refractivity contribution in [2.45, 2.75) is 55.9 Å². The molecular formula is C19H33N3O3S. The number of hydrogen-bond donors (Lipinski definition) is 3. The summed E-state index contributed by atoms with van der Waals surface area (Å²) in [6.45, 7) is 3.34. The lowest BCUT2D eigenvalue weighted by Gasteiger charge is -2.22. The second-order valence-corrected chi connectivity index (χ2v) is 8.59. The van der Waals surface area contributed by atoms with Crippen LogP contribution in [0, 0.1) is 0 Å². The number of nitrogens with one attached hydrogen (secondary N) is 3. The van der Waals surface area contributed by atoms with Crippen molar-refractivity contribution in [2.75, 3.05) is 33.3 Å². The largest absolute Gasteiger partial charge is 0.497 e. The highest BCUT2D eigenvalue weighted by Crippen LogP contribution is 2.17. The van der Waals surface area contributed by atoms with Crippen LogP contribution in [0.15, 0.2) is 29.2 Å². The molecule has 0 aliphatic heterocycles. The lowest BCUT2D eigenvalue weighted by molar-refractivity contribution is 0.372. The minimum absolute atomic E-state index is 0.269. The lowest BCUT2D eigenvalue weighted by Crippen LogP contribution is -2.36. The van der Waals surface area contributed by atoms with Crippen molar-refractivity contribution in [3.63, 3.8) is 0 Å². The molecule has 0 atom stereocenters. The monoisotopic (exact) mass is 383 g/mol. The Kier molecular flexibility index (Phi) is 9.39. The fraction of sp³-hybridized carbons (Fsp3) is 0.684. The normalized spacial score (nSPS) is 15.9. The van der Waals surface area contributed by atoms with Gasteiger partial charge in [0, 0.05) is 25.7 Å². The Bertz CT molecular complexity index is 599. The quantitative estimate of drug-likeness (QED) is 0.483. The van der Waals surface area contributed by atoms with Crippen molar-refractivity contribution in [1.82, 2.24) is 15.4 Å². The molecule has 0 bridgehead atoms. The third kappa shape index (κ3) is 7.61. The van der Waals surface area contributed by atoms with Crippen LogP contribution in [-0.4, -0.2) is 47.7 Å². The molecule has 148 valence electrons. The van der Waals surface area contributed by atoms with Crippen LogP contribution in [0.5, 0.6) is 5.75 Å². The molecule has 1 fully saturated rings. The van der Waals surface area contributed by atoms with Crippen LogP contribution in [0.3, 0.4) is 0 Å². The van der Waals surface area contributed by atoms with Crippen molar-refractivity contribution in [3.05, 3.63) is 24.3 Å². The molecule has 0 radical (unpaired) electrons. The van der Waals surface area contributed by atoms with Gasteiger partial charge in [-0.2, -0.15) is 0 Å². The first-order valence-corrected chi connectivity index (χ1v) is 11.2. The van der Waals surface area contributed by atoms with Crippen molar-refractivity contribution >= 4 is 10.0 Å². The zero-order valence-electron chi connectivity index (χ0n) is 15.8. The fourth-order valence-corrected chi connectivity index (χ4v) is 4.29. The summed E-state index contributed by atoms with van der Waals surface area (Å²) >= 11 is 0. The van der Waals surface area contributed by atoms with Gasteiger partial charge in [0.25, 0.3) is 0 Å². The van der Waals surface area contributed by atoms with Crippen molar-refractivity contribution in [1.29, 1.82) is 0 Å². The first-order valence-electron chi connectivity index (χ1n) is 9.69. The van der Waals surface area contributed by atoms with E-state index in [-0.39, 0.29) is 4.90 Å². The molecule has 6 nitrogen and oxygen atoms in total. The van der Waals surface area contributed by atoms with E-state index in [1.165, 1.54) is 32.1 Å². The van der Waals surface area contributed by atoms with Crippen molar-refractivity contribution < 1.29 is 13.2 Å². The van der Waals surface area contributed by atoms with E-state index in [0.29, 0.717) is 18.3 Å². The van der Waals surface area contributed by atoms with Gasteiger partial charge in [0.2, 0.25) is 10.0 Å². The van der Waals surface area contributed by atoms with Gasteiger partial charge in [-0.05, 0) is 56.5 Å². The van der Waals surface area contributed by atoms with E-state index >= 15 is 0 Å². The molecular weight excluding hydrogens is 350 g/mol. The summed E-state index contributed by atoms with van der Waals surface area (Å²) < 4.78 is 32.1. The number of methoxy groups -OCH3 is 1. The van der Waals surface area contributed by atoms with Gasteiger partial charge >= 0.3 is 0 Å². The molecule has 1 aliphatic rings. The second kappa shape index (κ2) is 11.5. The van der Waals surface area contributed by atoms with Crippen LogP contribution >= 0.6 is 0 Å². The van der Waals surface area contributed by atoms with E-state index in [0.717, 1.165) is 32.5 Å². The highest BCUT2D eigenvalue weighted by molar-refractivity contribution is 7.89. The molecule has 7 heteroatoms. The van der Waals surface area contributed by atoms with E-state index in [4.69, 9.17) is 4.74 Å². The summed E-state index contributed by atoms with van der Waals surface area (Å²) in [6, 6.07) is 7.13. The number of benzene rings is 1. The molecule has 0 aromatic heterocycles. The smallest absolute Gasteiger partial charge is 0.240 e. The van der Waals surface area contributed by atoms with Gasteiger partial charge < -0.3 is 15.4 Å². The van der Waals surface area contributed by atoms with Crippen LogP contribution < -0.4 is 20.1 Å². The van der Waals surface area contributed by atoms with Crippen molar-refractivity contribution in [3.8, 4) is 5.75 Å². The van der Waals surface area contributed by atoms with Gasteiger partial charge in [0.05, 0.1) is 12.0 Å². The molecule has 26 heavy (non-hydrogen) atoms. The highest BCUT2D eigenvalue weighted by atomic mass is 32.2. The van der Waals surface area contributed by atoms with Gasteiger partial charge in [-0.1, -0.05) is 19.3 Å². The Labute approximate surface area is 158 Å². The Hall–Kier alpha value is -1.15. The molecule has 0 saturated heterocycles. The molecule has 0 unspecified atom stereocenters.